The molecule has 0 spiro atoms. The van der Waals surface area contributed by atoms with Gasteiger partial charge in [0.25, 0.3) is 0 Å². The zero-order chi connectivity index (χ0) is 13.5. The Bertz CT molecular complexity index is 481. The number of hydrogen-bond donors (Lipinski definition) is 1. The molecule has 0 saturated carbocycles. The summed E-state index contributed by atoms with van der Waals surface area (Å²) >= 11 is 0. The summed E-state index contributed by atoms with van der Waals surface area (Å²) < 4.78 is 7.64. The first-order valence-corrected chi connectivity index (χ1v) is 6.66. The molecule has 1 heterocycles. The Morgan fingerprint density at radius 3 is 2.74 bits per heavy atom. The molecule has 4 nitrogen and oxygen atoms in total. The molecule has 4 heteroatoms. The van der Waals surface area contributed by atoms with Gasteiger partial charge in [-0.1, -0.05) is 25.1 Å². The standard InChI is InChI=1S/C15H21N3O/c1-3-16-14(9-13-10-17-18(2)11-13)12-19-15-7-5-4-6-8-15/h4-8,10-11,14,16H,3,9,12H2,1-2H3. The van der Waals surface area contributed by atoms with Crippen LogP contribution in [0.4, 0.5) is 0 Å². The van der Waals surface area contributed by atoms with Crippen LogP contribution < -0.4 is 10.1 Å². The minimum Gasteiger partial charge on any atom is -0.492 e. The van der Waals surface area contributed by atoms with Crippen LogP contribution >= 0.6 is 0 Å². The fraction of sp³-hybridized carbons (Fsp3) is 0.400. The highest BCUT2D eigenvalue weighted by molar-refractivity contribution is 5.21. The van der Waals surface area contributed by atoms with E-state index in [0.29, 0.717) is 12.6 Å². The molecule has 1 atom stereocenters. The molecule has 19 heavy (non-hydrogen) atoms. The molecule has 0 amide bonds. The van der Waals surface area contributed by atoms with Gasteiger partial charge >= 0.3 is 0 Å². The fourth-order valence-corrected chi connectivity index (χ4v) is 2.05. The first-order chi connectivity index (χ1) is 9.28. The second-order valence-corrected chi connectivity index (χ2v) is 4.61. The number of hydrogen-bond acceptors (Lipinski definition) is 3. The average Bonchev–Trinajstić information content (AvgIpc) is 2.83. The van der Waals surface area contributed by atoms with Gasteiger partial charge in [0.05, 0.1) is 6.20 Å². The predicted octanol–water partition coefficient (Wildman–Crippen LogP) is 2.02. The molecule has 0 aliphatic heterocycles. The third-order valence-corrected chi connectivity index (χ3v) is 2.93. The maximum atomic E-state index is 5.81. The predicted molar refractivity (Wildman–Crippen MR) is 76.3 cm³/mol. The highest BCUT2D eigenvalue weighted by Gasteiger charge is 2.10. The molecule has 1 aromatic carbocycles. The number of likely N-dealkylation sites (N-methyl/N-ethyl adjacent to an activating group) is 1. The lowest BCUT2D eigenvalue weighted by Gasteiger charge is -2.17. The number of benzene rings is 1. The molecule has 1 unspecified atom stereocenters. The Kier molecular flexibility index (Phi) is 4.98. The van der Waals surface area contributed by atoms with Crippen LogP contribution in [0.5, 0.6) is 5.75 Å². The lowest BCUT2D eigenvalue weighted by atomic mass is 10.1. The van der Waals surface area contributed by atoms with Crippen molar-refractivity contribution in [3.05, 3.63) is 48.3 Å². The van der Waals surface area contributed by atoms with Crippen molar-refractivity contribution in [2.24, 2.45) is 7.05 Å². The van der Waals surface area contributed by atoms with Crippen LogP contribution in [-0.2, 0) is 13.5 Å². The number of nitrogens with one attached hydrogen (secondary N) is 1. The third kappa shape index (κ3) is 4.41. The van der Waals surface area contributed by atoms with Crippen molar-refractivity contribution in [2.45, 2.75) is 19.4 Å². The van der Waals surface area contributed by atoms with Crippen LogP contribution in [-0.4, -0.2) is 29.0 Å². The summed E-state index contributed by atoms with van der Waals surface area (Å²) in [6, 6.07) is 10.2. The molecule has 0 fully saturated rings. The molecule has 0 bridgehead atoms. The molecule has 0 aliphatic carbocycles. The molecule has 1 N–H and O–H groups in total. The maximum absolute atomic E-state index is 5.81. The van der Waals surface area contributed by atoms with E-state index in [1.165, 1.54) is 5.56 Å². The quantitative estimate of drug-likeness (QED) is 0.827. The Balaban J connectivity index is 1.89. The van der Waals surface area contributed by atoms with Gasteiger partial charge in [0, 0.05) is 19.3 Å². The van der Waals surface area contributed by atoms with E-state index < -0.39 is 0 Å². The number of nitrogens with zero attached hydrogens (tertiary/aromatic N) is 2. The monoisotopic (exact) mass is 259 g/mol. The molecule has 1 aromatic heterocycles. The lowest BCUT2D eigenvalue weighted by Crippen LogP contribution is -2.36. The molecule has 102 valence electrons. The van der Waals surface area contributed by atoms with Crippen molar-refractivity contribution in [3.63, 3.8) is 0 Å². The van der Waals surface area contributed by atoms with E-state index in [2.05, 4.69) is 17.3 Å². The van der Waals surface area contributed by atoms with E-state index in [9.17, 15) is 0 Å². The van der Waals surface area contributed by atoms with Crippen LogP contribution in [0.2, 0.25) is 0 Å². The van der Waals surface area contributed by atoms with Crippen LogP contribution in [0, 0.1) is 0 Å². The van der Waals surface area contributed by atoms with Crippen LogP contribution in [0.3, 0.4) is 0 Å². The van der Waals surface area contributed by atoms with Gasteiger partial charge < -0.3 is 10.1 Å². The highest BCUT2D eigenvalue weighted by Crippen LogP contribution is 2.10. The summed E-state index contributed by atoms with van der Waals surface area (Å²) in [7, 11) is 1.94. The summed E-state index contributed by atoms with van der Waals surface area (Å²) in [6.45, 7) is 3.70. The van der Waals surface area contributed by atoms with Gasteiger partial charge in [-0.15, -0.1) is 0 Å². The summed E-state index contributed by atoms with van der Waals surface area (Å²) in [5, 5.41) is 7.64. The van der Waals surface area contributed by atoms with E-state index in [1.54, 1.807) is 0 Å². The Morgan fingerprint density at radius 2 is 2.11 bits per heavy atom. The summed E-state index contributed by atoms with van der Waals surface area (Å²) in [6.07, 6.45) is 4.88. The number of rotatable bonds is 7. The first kappa shape index (κ1) is 13.6. The summed E-state index contributed by atoms with van der Waals surface area (Å²) in [4.78, 5) is 0. The van der Waals surface area contributed by atoms with Crippen LogP contribution in [0.15, 0.2) is 42.7 Å². The molecule has 2 aromatic rings. The SMILES string of the molecule is CCNC(COc1ccccc1)Cc1cnn(C)c1. The van der Waals surface area contributed by atoms with Crippen LogP contribution in [0.1, 0.15) is 12.5 Å². The van der Waals surface area contributed by atoms with Gasteiger partial charge in [0.15, 0.2) is 0 Å². The van der Waals surface area contributed by atoms with Crippen molar-refractivity contribution >= 4 is 0 Å². The normalized spacial score (nSPS) is 12.3. The fourth-order valence-electron chi connectivity index (χ4n) is 2.05. The van der Waals surface area contributed by atoms with Crippen molar-refractivity contribution in [1.29, 1.82) is 0 Å². The van der Waals surface area contributed by atoms with E-state index in [-0.39, 0.29) is 0 Å². The minimum atomic E-state index is 0.300. The first-order valence-electron chi connectivity index (χ1n) is 6.66. The van der Waals surface area contributed by atoms with Gasteiger partial charge in [-0.3, -0.25) is 4.68 Å². The lowest BCUT2D eigenvalue weighted by molar-refractivity contribution is 0.265. The van der Waals surface area contributed by atoms with E-state index >= 15 is 0 Å². The van der Waals surface area contributed by atoms with Gasteiger partial charge in [0.1, 0.15) is 12.4 Å². The minimum absolute atomic E-state index is 0.300. The van der Waals surface area contributed by atoms with E-state index in [4.69, 9.17) is 4.74 Å². The average molecular weight is 259 g/mol. The molecule has 0 aliphatic rings. The molecule has 0 saturated heterocycles. The molecule has 2 rings (SSSR count). The number of ether oxygens (including phenoxy) is 1. The largest absolute Gasteiger partial charge is 0.492 e. The second kappa shape index (κ2) is 6.95. The highest BCUT2D eigenvalue weighted by atomic mass is 16.5. The Labute approximate surface area is 114 Å². The molecule has 0 radical (unpaired) electrons. The van der Waals surface area contributed by atoms with Crippen molar-refractivity contribution in [1.82, 2.24) is 15.1 Å². The number of aromatic nitrogens is 2. The maximum Gasteiger partial charge on any atom is 0.119 e. The molecular weight excluding hydrogens is 238 g/mol. The zero-order valence-corrected chi connectivity index (χ0v) is 11.5. The smallest absolute Gasteiger partial charge is 0.119 e. The van der Waals surface area contributed by atoms with Crippen LogP contribution in [0.25, 0.3) is 0 Å². The van der Waals surface area contributed by atoms with E-state index in [1.807, 2.05) is 54.5 Å². The number of para-hydroxylation sites is 1. The Morgan fingerprint density at radius 1 is 1.32 bits per heavy atom. The van der Waals surface area contributed by atoms with Gasteiger partial charge in [-0.25, -0.2) is 0 Å². The summed E-state index contributed by atoms with van der Waals surface area (Å²) in [5.74, 6) is 0.914. The topological polar surface area (TPSA) is 39.1 Å². The Hall–Kier alpha value is -1.81. The van der Waals surface area contributed by atoms with Gasteiger partial charge in [-0.2, -0.15) is 5.10 Å². The third-order valence-electron chi connectivity index (χ3n) is 2.93. The van der Waals surface area contributed by atoms with Gasteiger partial charge in [0.2, 0.25) is 0 Å². The van der Waals surface area contributed by atoms with Gasteiger partial charge in [-0.05, 0) is 30.7 Å². The summed E-state index contributed by atoms with van der Waals surface area (Å²) in [5.41, 5.74) is 1.23. The van der Waals surface area contributed by atoms with E-state index in [0.717, 1.165) is 18.7 Å². The number of aryl methyl sites for hydroxylation is 1. The molecular formula is C15H21N3O. The zero-order valence-electron chi connectivity index (χ0n) is 11.5. The van der Waals surface area contributed by atoms with Crippen molar-refractivity contribution < 1.29 is 4.74 Å². The second-order valence-electron chi connectivity index (χ2n) is 4.61. The van der Waals surface area contributed by atoms with Crippen molar-refractivity contribution in [3.8, 4) is 5.75 Å². The van der Waals surface area contributed by atoms with Crippen molar-refractivity contribution in [2.75, 3.05) is 13.2 Å².